The third kappa shape index (κ3) is 11.9. The second kappa shape index (κ2) is 13.1. The molecule has 0 aliphatic carbocycles. The summed E-state index contributed by atoms with van der Waals surface area (Å²) < 4.78 is 5.53. The molecule has 0 spiro atoms. The maximum absolute atomic E-state index is 11.7. The molecule has 0 aliphatic heterocycles. The predicted octanol–water partition coefficient (Wildman–Crippen LogP) is 1.65. The van der Waals surface area contributed by atoms with Crippen molar-refractivity contribution >= 4 is 47.6 Å². The minimum absolute atomic E-state index is 0. The van der Waals surface area contributed by atoms with Crippen LogP contribution in [0.2, 0.25) is 0 Å². The molecule has 0 aromatic rings. The highest BCUT2D eigenvalue weighted by molar-refractivity contribution is 14.0. The van der Waals surface area contributed by atoms with Crippen molar-refractivity contribution in [1.29, 1.82) is 0 Å². The van der Waals surface area contributed by atoms with Crippen molar-refractivity contribution in [2.75, 3.05) is 52.8 Å². The Kier molecular flexibility index (Phi) is 14.3. The first-order valence-corrected chi connectivity index (χ1v) is 8.85. The van der Waals surface area contributed by atoms with Gasteiger partial charge in [-0.15, -0.1) is 24.0 Å². The number of amides is 1. The fourth-order valence-corrected chi connectivity index (χ4v) is 1.97. The maximum Gasteiger partial charge on any atom is 0.243 e. The molecule has 1 atom stereocenters. The minimum atomic E-state index is -0.0231. The molecule has 0 fully saturated rings. The number of rotatable bonds is 8. The summed E-state index contributed by atoms with van der Waals surface area (Å²) in [5, 5.41) is 6.50. The fraction of sp³-hybridized carbons (Fsp3) is 0.867. The third-order valence-electron chi connectivity index (χ3n) is 3.18. The number of carbonyl (C=O) groups excluding carboxylic acids is 1. The van der Waals surface area contributed by atoms with Gasteiger partial charge in [-0.05, 0) is 11.7 Å². The molecule has 6 nitrogen and oxygen atoms in total. The van der Waals surface area contributed by atoms with Crippen LogP contribution in [-0.2, 0) is 9.53 Å². The van der Waals surface area contributed by atoms with Crippen LogP contribution < -0.4 is 10.6 Å². The van der Waals surface area contributed by atoms with Crippen molar-refractivity contribution in [3.63, 3.8) is 0 Å². The van der Waals surface area contributed by atoms with Gasteiger partial charge in [-0.2, -0.15) is 11.8 Å². The van der Waals surface area contributed by atoms with Gasteiger partial charge in [-0.3, -0.25) is 4.79 Å². The molecule has 0 aromatic carbocycles. The van der Waals surface area contributed by atoms with E-state index >= 15 is 0 Å². The van der Waals surface area contributed by atoms with E-state index in [1.807, 2.05) is 0 Å². The minimum Gasteiger partial charge on any atom is -0.379 e. The Labute approximate surface area is 162 Å². The first kappa shape index (κ1) is 25.0. The van der Waals surface area contributed by atoms with Crippen LogP contribution in [-0.4, -0.2) is 75.7 Å². The predicted molar refractivity (Wildman–Crippen MR) is 111 cm³/mol. The molecule has 138 valence electrons. The molecule has 2 N–H and O–H groups in total. The van der Waals surface area contributed by atoms with E-state index in [-0.39, 0.29) is 47.9 Å². The van der Waals surface area contributed by atoms with Gasteiger partial charge in [0.15, 0.2) is 5.96 Å². The molecule has 0 aromatic heterocycles. The first-order chi connectivity index (χ1) is 10.2. The van der Waals surface area contributed by atoms with Gasteiger partial charge in [0.25, 0.3) is 0 Å². The molecule has 8 heteroatoms. The van der Waals surface area contributed by atoms with Crippen molar-refractivity contribution in [2.45, 2.75) is 26.9 Å². The second-order valence-electron chi connectivity index (χ2n) is 6.34. The quantitative estimate of drug-likeness (QED) is 0.250. The van der Waals surface area contributed by atoms with Gasteiger partial charge in [-0.1, -0.05) is 20.8 Å². The van der Waals surface area contributed by atoms with Gasteiger partial charge in [0.1, 0.15) is 6.54 Å². The van der Waals surface area contributed by atoms with Crippen LogP contribution in [0.4, 0.5) is 0 Å². The van der Waals surface area contributed by atoms with Crippen LogP contribution in [0.3, 0.4) is 0 Å². The molecule has 0 bridgehead atoms. The van der Waals surface area contributed by atoms with Gasteiger partial charge in [0.05, 0.1) is 6.10 Å². The molecule has 0 heterocycles. The van der Waals surface area contributed by atoms with Gasteiger partial charge in [0.2, 0.25) is 5.91 Å². The highest BCUT2D eigenvalue weighted by atomic mass is 127. The maximum atomic E-state index is 11.7. The Morgan fingerprint density at radius 3 is 2.35 bits per heavy atom. The Morgan fingerprint density at radius 1 is 1.30 bits per heavy atom. The van der Waals surface area contributed by atoms with E-state index in [2.05, 4.69) is 42.7 Å². The number of hydrogen-bond donors (Lipinski definition) is 2. The molecule has 1 unspecified atom stereocenters. The molecule has 23 heavy (non-hydrogen) atoms. The largest absolute Gasteiger partial charge is 0.379 e. The number of halogens is 1. The summed E-state index contributed by atoms with van der Waals surface area (Å²) in [6, 6.07) is 0. The number of guanidine groups is 1. The number of ether oxygens (including phenoxy) is 1. The molecule has 0 aliphatic rings. The summed E-state index contributed by atoms with van der Waals surface area (Å²) in [4.78, 5) is 17.5. The van der Waals surface area contributed by atoms with Crippen LogP contribution in [0.5, 0.6) is 0 Å². The Morgan fingerprint density at radius 2 is 1.91 bits per heavy atom. The van der Waals surface area contributed by atoms with Crippen LogP contribution in [0.1, 0.15) is 20.8 Å². The molecule has 0 radical (unpaired) electrons. The van der Waals surface area contributed by atoms with Crippen molar-refractivity contribution in [1.82, 2.24) is 15.5 Å². The number of thioether (sulfide) groups is 1. The lowest BCUT2D eigenvalue weighted by Crippen LogP contribution is -2.46. The normalized spacial score (nSPS) is 13.1. The molecular formula is C15H33IN4O2S. The Bertz CT molecular complexity index is 360. The highest BCUT2D eigenvalue weighted by Gasteiger charge is 2.24. The number of methoxy groups -OCH3 is 1. The van der Waals surface area contributed by atoms with Gasteiger partial charge < -0.3 is 20.3 Å². The summed E-state index contributed by atoms with van der Waals surface area (Å²) >= 11 is 1.76. The standard InChI is InChI=1S/C15H32N4O2S.HI/c1-15(2,3)12(21-6)10-17-14(16-8-9-22-7)18-11-13(20)19(4)5;/h12H,8-11H2,1-7H3,(H2,16,17,18);1H. The van der Waals surface area contributed by atoms with E-state index in [9.17, 15) is 4.79 Å². The van der Waals surface area contributed by atoms with E-state index in [0.717, 1.165) is 12.3 Å². The van der Waals surface area contributed by atoms with Crippen LogP contribution in [0, 0.1) is 5.41 Å². The summed E-state index contributed by atoms with van der Waals surface area (Å²) in [5.74, 6) is 1.61. The summed E-state index contributed by atoms with van der Waals surface area (Å²) in [6.45, 7) is 7.98. The van der Waals surface area contributed by atoms with Crippen molar-refractivity contribution in [3.05, 3.63) is 0 Å². The van der Waals surface area contributed by atoms with Crippen LogP contribution >= 0.6 is 35.7 Å². The average molecular weight is 460 g/mol. The van der Waals surface area contributed by atoms with E-state index in [4.69, 9.17) is 4.74 Å². The van der Waals surface area contributed by atoms with Gasteiger partial charge >= 0.3 is 0 Å². The molecule has 0 saturated heterocycles. The highest BCUT2D eigenvalue weighted by Crippen LogP contribution is 2.20. The summed E-state index contributed by atoms with van der Waals surface area (Å²) in [6.07, 6.45) is 2.12. The zero-order valence-corrected chi connectivity index (χ0v) is 18.6. The lowest BCUT2D eigenvalue weighted by Gasteiger charge is -2.30. The van der Waals surface area contributed by atoms with Crippen LogP contribution in [0.15, 0.2) is 4.99 Å². The fourth-order valence-electron chi connectivity index (χ4n) is 1.67. The molecule has 0 rings (SSSR count). The smallest absolute Gasteiger partial charge is 0.243 e. The van der Waals surface area contributed by atoms with Crippen LogP contribution in [0.25, 0.3) is 0 Å². The van der Waals surface area contributed by atoms with Crippen molar-refractivity contribution < 1.29 is 9.53 Å². The number of hydrogen-bond acceptors (Lipinski definition) is 4. The number of nitrogens with one attached hydrogen (secondary N) is 2. The topological polar surface area (TPSA) is 66.0 Å². The van der Waals surface area contributed by atoms with E-state index in [1.165, 1.54) is 4.90 Å². The lowest BCUT2D eigenvalue weighted by molar-refractivity contribution is -0.127. The Balaban J connectivity index is 0. The summed E-state index contributed by atoms with van der Waals surface area (Å²) in [7, 11) is 5.17. The third-order valence-corrected chi connectivity index (χ3v) is 3.79. The lowest BCUT2D eigenvalue weighted by atomic mass is 9.89. The average Bonchev–Trinajstić information content (AvgIpc) is 2.42. The SMILES string of the molecule is COC(CNC(=NCC(=O)N(C)C)NCCSC)C(C)(C)C.I. The van der Waals surface area contributed by atoms with E-state index in [1.54, 1.807) is 33.0 Å². The monoisotopic (exact) mass is 460 g/mol. The number of nitrogens with zero attached hydrogens (tertiary/aromatic N) is 2. The molecule has 1 amide bonds. The number of carbonyl (C=O) groups is 1. The summed E-state index contributed by atoms with van der Waals surface area (Å²) in [5.41, 5.74) is 0.0333. The first-order valence-electron chi connectivity index (χ1n) is 7.46. The number of aliphatic imine (C=N–C) groups is 1. The zero-order chi connectivity index (χ0) is 17.2. The Hall–Kier alpha value is -0.220. The van der Waals surface area contributed by atoms with Gasteiger partial charge in [-0.25, -0.2) is 4.99 Å². The second-order valence-corrected chi connectivity index (χ2v) is 7.33. The van der Waals surface area contributed by atoms with Gasteiger partial charge in [0, 0.05) is 40.0 Å². The van der Waals surface area contributed by atoms with Crippen molar-refractivity contribution in [3.8, 4) is 0 Å². The molecule has 0 saturated carbocycles. The zero-order valence-electron chi connectivity index (χ0n) is 15.4. The molecular weight excluding hydrogens is 427 g/mol. The van der Waals surface area contributed by atoms with Crippen molar-refractivity contribution in [2.24, 2.45) is 10.4 Å². The number of likely N-dealkylation sites (N-methyl/N-ethyl adjacent to an activating group) is 1. The van der Waals surface area contributed by atoms with E-state index in [0.29, 0.717) is 12.5 Å². The van der Waals surface area contributed by atoms with E-state index < -0.39 is 0 Å².